The first kappa shape index (κ1) is 19.7. The highest BCUT2D eigenvalue weighted by Crippen LogP contribution is 2.27. The fourth-order valence-corrected chi connectivity index (χ4v) is 4.36. The van der Waals surface area contributed by atoms with Gasteiger partial charge in [0.25, 0.3) is 5.91 Å². The maximum absolute atomic E-state index is 13.2. The van der Waals surface area contributed by atoms with E-state index in [0.29, 0.717) is 5.75 Å². The van der Waals surface area contributed by atoms with E-state index in [9.17, 15) is 4.79 Å². The zero-order valence-electron chi connectivity index (χ0n) is 16.5. The van der Waals surface area contributed by atoms with E-state index in [-0.39, 0.29) is 5.91 Å². The molecule has 3 aromatic rings. The van der Waals surface area contributed by atoms with Crippen molar-refractivity contribution in [2.24, 2.45) is 0 Å². The quantitative estimate of drug-likeness (QED) is 0.581. The first-order valence-electron chi connectivity index (χ1n) is 9.73. The average Bonchev–Trinajstić information content (AvgIpc) is 3.18. The molecule has 0 aliphatic carbocycles. The summed E-state index contributed by atoms with van der Waals surface area (Å²) in [5.41, 5.74) is 2.91. The second-order valence-electron chi connectivity index (χ2n) is 7.14. The molecule has 1 aliphatic heterocycles. The maximum Gasteiger partial charge on any atom is 0.255 e. The normalized spacial score (nSPS) is 14.9. The maximum atomic E-state index is 13.2. The highest BCUT2D eigenvalue weighted by molar-refractivity contribution is 7.98. The molecule has 29 heavy (non-hydrogen) atoms. The van der Waals surface area contributed by atoms with Gasteiger partial charge in [-0.3, -0.25) is 14.7 Å². The Labute approximate surface area is 174 Å². The molecule has 0 atom stereocenters. The molecule has 1 saturated heterocycles. The van der Waals surface area contributed by atoms with Gasteiger partial charge >= 0.3 is 0 Å². The molecule has 0 saturated carbocycles. The number of aryl methyl sites for hydroxylation is 1. The summed E-state index contributed by atoms with van der Waals surface area (Å²) < 4.78 is 5.13. The molecular formula is C22H24N4O2S. The lowest BCUT2D eigenvalue weighted by molar-refractivity contribution is 0.0625. The Hall–Kier alpha value is -2.64. The molecule has 0 radical (unpaired) electrons. The number of rotatable bonds is 6. The van der Waals surface area contributed by atoms with Crippen molar-refractivity contribution >= 4 is 17.7 Å². The van der Waals surface area contributed by atoms with Gasteiger partial charge in [-0.1, -0.05) is 17.3 Å². The van der Waals surface area contributed by atoms with Gasteiger partial charge < -0.3 is 9.42 Å². The third kappa shape index (κ3) is 5.05. The molecule has 7 heteroatoms. The highest BCUT2D eigenvalue weighted by Gasteiger charge is 2.24. The molecule has 150 valence electrons. The van der Waals surface area contributed by atoms with Crippen LogP contribution in [0.15, 0.2) is 64.3 Å². The summed E-state index contributed by atoms with van der Waals surface area (Å²) in [6, 6.07) is 13.8. The minimum absolute atomic E-state index is 0.105. The molecule has 0 unspecified atom stereocenters. The number of nitrogens with zero attached hydrogens (tertiary/aromatic N) is 4. The molecule has 1 amide bonds. The molecule has 1 aliphatic rings. The molecule has 3 heterocycles. The number of carbonyl (C=O) groups is 1. The summed E-state index contributed by atoms with van der Waals surface area (Å²) in [6.07, 6.45) is 3.65. The third-order valence-electron chi connectivity index (χ3n) is 4.98. The highest BCUT2D eigenvalue weighted by atomic mass is 32.2. The predicted molar refractivity (Wildman–Crippen MR) is 113 cm³/mol. The van der Waals surface area contributed by atoms with Crippen LogP contribution in [0.25, 0.3) is 0 Å². The smallest absolute Gasteiger partial charge is 0.255 e. The molecule has 6 nitrogen and oxygen atoms in total. The molecular weight excluding hydrogens is 384 g/mol. The molecule has 1 aromatic carbocycles. The SMILES string of the molecule is Cc1cc(CSc2ccccc2C(=O)N2CCN(Cc3ccncc3)CC2)no1. The van der Waals surface area contributed by atoms with Crippen molar-refractivity contribution < 1.29 is 9.32 Å². The van der Waals surface area contributed by atoms with E-state index in [4.69, 9.17) is 4.52 Å². The van der Waals surface area contributed by atoms with Gasteiger partial charge in [0, 0.05) is 61.8 Å². The molecule has 4 rings (SSSR count). The Morgan fingerprint density at radius 1 is 1.10 bits per heavy atom. The van der Waals surface area contributed by atoms with Gasteiger partial charge in [-0.2, -0.15) is 0 Å². The fraction of sp³-hybridized carbons (Fsp3) is 0.318. The van der Waals surface area contributed by atoms with Crippen LogP contribution >= 0.6 is 11.8 Å². The molecule has 0 N–H and O–H groups in total. The summed E-state index contributed by atoms with van der Waals surface area (Å²) in [6.45, 7) is 6.01. The second-order valence-corrected chi connectivity index (χ2v) is 8.15. The Kier molecular flexibility index (Phi) is 6.27. The van der Waals surface area contributed by atoms with Crippen LogP contribution in [0.5, 0.6) is 0 Å². The van der Waals surface area contributed by atoms with Crippen molar-refractivity contribution in [2.75, 3.05) is 26.2 Å². The number of hydrogen-bond acceptors (Lipinski definition) is 6. The van der Waals surface area contributed by atoms with Crippen LogP contribution in [0, 0.1) is 6.92 Å². The van der Waals surface area contributed by atoms with Crippen molar-refractivity contribution in [1.29, 1.82) is 0 Å². The van der Waals surface area contributed by atoms with Gasteiger partial charge in [0.1, 0.15) is 5.76 Å². The van der Waals surface area contributed by atoms with Crippen LogP contribution in [0.4, 0.5) is 0 Å². The largest absolute Gasteiger partial charge is 0.361 e. The predicted octanol–water partition coefficient (Wildman–Crippen LogP) is 3.63. The lowest BCUT2D eigenvalue weighted by Crippen LogP contribution is -2.48. The van der Waals surface area contributed by atoms with Crippen LogP contribution < -0.4 is 0 Å². The zero-order chi connectivity index (χ0) is 20.1. The number of pyridine rings is 1. The number of piperazine rings is 1. The number of carbonyl (C=O) groups excluding carboxylic acids is 1. The van der Waals surface area contributed by atoms with E-state index >= 15 is 0 Å². The van der Waals surface area contributed by atoms with Gasteiger partial charge in [0.05, 0.1) is 11.3 Å². The van der Waals surface area contributed by atoms with Crippen molar-refractivity contribution in [2.45, 2.75) is 24.1 Å². The molecule has 1 fully saturated rings. The molecule has 2 aromatic heterocycles. The average molecular weight is 409 g/mol. The lowest BCUT2D eigenvalue weighted by atomic mass is 10.1. The van der Waals surface area contributed by atoms with E-state index in [1.165, 1.54) is 5.56 Å². The number of hydrogen-bond donors (Lipinski definition) is 0. The van der Waals surface area contributed by atoms with Gasteiger partial charge in [-0.15, -0.1) is 11.8 Å². The Balaban J connectivity index is 1.36. The summed E-state index contributed by atoms with van der Waals surface area (Å²) >= 11 is 1.62. The first-order chi connectivity index (χ1) is 14.2. The van der Waals surface area contributed by atoms with Crippen LogP contribution in [-0.2, 0) is 12.3 Å². The van der Waals surface area contributed by atoms with E-state index in [1.807, 2.05) is 66.7 Å². The van der Waals surface area contributed by atoms with E-state index < -0.39 is 0 Å². The van der Waals surface area contributed by atoms with Crippen molar-refractivity contribution in [1.82, 2.24) is 19.9 Å². The monoisotopic (exact) mass is 408 g/mol. The van der Waals surface area contributed by atoms with Crippen LogP contribution in [-0.4, -0.2) is 52.0 Å². The topological polar surface area (TPSA) is 62.5 Å². The Bertz CT molecular complexity index is 952. The van der Waals surface area contributed by atoms with Crippen molar-refractivity contribution in [3.05, 3.63) is 77.4 Å². The summed E-state index contributed by atoms with van der Waals surface area (Å²) in [4.78, 5) is 22.5. The lowest BCUT2D eigenvalue weighted by Gasteiger charge is -2.35. The Morgan fingerprint density at radius 2 is 1.86 bits per heavy atom. The summed E-state index contributed by atoms with van der Waals surface area (Å²) in [5.74, 6) is 1.59. The zero-order valence-corrected chi connectivity index (χ0v) is 17.3. The summed E-state index contributed by atoms with van der Waals surface area (Å²) in [5, 5.41) is 4.04. The first-order valence-corrected chi connectivity index (χ1v) is 10.7. The van der Waals surface area contributed by atoms with Gasteiger partial charge in [-0.05, 0) is 36.8 Å². The fourth-order valence-electron chi connectivity index (χ4n) is 3.43. The number of aromatic nitrogens is 2. The number of benzene rings is 1. The Morgan fingerprint density at radius 3 is 2.59 bits per heavy atom. The third-order valence-corrected chi connectivity index (χ3v) is 6.09. The number of amides is 1. The van der Waals surface area contributed by atoms with Crippen molar-refractivity contribution in [3.63, 3.8) is 0 Å². The van der Waals surface area contributed by atoms with E-state index in [0.717, 1.165) is 54.6 Å². The molecule has 0 bridgehead atoms. The van der Waals surface area contributed by atoms with Crippen molar-refractivity contribution in [3.8, 4) is 0 Å². The van der Waals surface area contributed by atoms with E-state index in [2.05, 4.69) is 15.0 Å². The van der Waals surface area contributed by atoms with Crippen LogP contribution in [0.3, 0.4) is 0 Å². The van der Waals surface area contributed by atoms with E-state index in [1.54, 1.807) is 11.8 Å². The number of thioether (sulfide) groups is 1. The minimum Gasteiger partial charge on any atom is -0.361 e. The van der Waals surface area contributed by atoms with Gasteiger partial charge in [0.15, 0.2) is 0 Å². The van der Waals surface area contributed by atoms with Gasteiger partial charge in [-0.25, -0.2) is 0 Å². The summed E-state index contributed by atoms with van der Waals surface area (Å²) in [7, 11) is 0. The second kappa shape index (κ2) is 9.24. The standard InChI is InChI=1S/C22H24N4O2S/c1-17-14-19(24-28-17)16-29-21-5-3-2-4-20(21)22(27)26-12-10-25(11-13-26)15-18-6-8-23-9-7-18/h2-9,14H,10-13,15-16H2,1H3. The molecule has 0 spiro atoms. The van der Waals surface area contributed by atoms with Gasteiger partial charge in [0.2, 0.25) is 0 Å². The minimum atomic E-state index is 0.105. The van der Waals surface area contributed by atoms with Crippen LogP contribution in [0.2, 0.25) is 0 Å². The van der Waals surface area contributed by atoms with Crippen LogP contribution in [0.1, 0.15) is 27.4 Å².